The number of halogens is 1. The Balaban J connectivity index is 2.95. The molecular weight excluding hydrogens is 143 g/mol. The van der Waals surface area contributed by atoms with Crippen LogP contribution in [0.3, 0.4) is 0 Å². The van der Waals surface area contributed by atoms with Gasteiger partial charge in [-0.15, -0.1) is 0 Å². The van der Waals surface area contributed by atoms with Crippen LogP contribution >= 0.6 is 0 Å². The van der Waals surface area contributed by atoms with Gasteiger partial charge in [0.15, 0.2) is 5.82 Å². The highest BCUT2D eigenvalue weighted by atomic mass is 19.1. The van der Waals surface area contributed by atoms with Crippen molar-refractivity contribution < 1.29 is 4.39 Å². The lowest BCUT2D eigenvalue weighted by atomic mass is 10.3. The van der Waals surface area contributed by atoms with E-state index in [1.807, 2.05) is 0 Å². The van der Waals surface area contributed by atoms with Crippen molar-refractivity contribution in [3.8, 4) is 11.8 Å². The van der Waals surface area contributed by atoms with Crippen LogP contribution in [-0.2, 0) is 0 Å². The maximum atomic E-state index is 12.7. The smallest absolute Gasteiger partial charge is 0.157 e. The second kappa shape index (κ2) is 3.69. The summed E-state index contributed by atoms with van der Waals surface area (Å²) in [4.78, 5) is 3.71. The summed E-state index contributed by atoms with van der Waals surface area (Å²) in [5, 5.41) is 0. The van der Waals surface area contributed by atoms with Crippen molar-refractivity contribution in [2.75, 3.05) is 6.54 Å². The summed E-state index contributed by atoms with van der Waals surface area (Å²) in [7, 11) is 0. The molecule has 56 valence electrons. The Morgan fingerprint density at radius 3 is 3.09 bits per heavy atom. The van der Waals surface area contributed by atoms with E-state index >= 15 is 0 Å². The van der Waals surface area contributed by atoms with Crippen LogP contribution in [0.1, 0.15) is 5.69 Å². The van der Waals surface area contributed by atoms with Crippen molar-refractivity contribution in [3.05, 3.63) is 29.8 Å². The van der Waals surface area contributed by atoms with Crippen LogP contribution in [0.15, 0.2) is 18.3 Å². The van der Waals surface area contributed by atoms with Crippen LogP contribution in [0.5, 0.6) is 0 Å². The molecule has 1 aromatic rings. The summed E-state index contributed by atoms with van der Waals surface area (Å²) >= 11 is 0. The average molecular weight is 150 g/mol. The number of nitrogens with zero attached hydrogens (tertiary/aromatic N) is 1. The van der Waals surface area contributed by atoms with Gasteiger partial charge in [0.05, 0.1) is 6.54 Å². The van der Waals surface area contributed by atoms with Crippen LogP contribution in [-0.4, -0.2) is 11.5 Å². The zero-order valence-corrected chi connectivity index (χ0v) is 5.84. The molecule has 2 N–H and O–H groups in total. The van der Waals surface area contributed by atoms with Gasteiger partial charge in [0, 0.05) is 6.20 Å². The Morgan fingerprint density at radius 2 is 2.45 bits per heavy atom. The molecule has 0 atom stereocenters. The van der Waals surface area contributed by atoms with Gasteiger partial charge in [0.2, 0.25) is 0 Å². The molecule has 0 spiro atoms. The number of pyridine rings is 1. The Bertz CT molecular complexity index is 298. The van der Waals surface area contributed by atoms with Crippen LogP contribution in [0.4, 0.5) is 4.39 Å². The lowest BCUT2D eigenvalue weighted by molar-refractivity contribution is 0.617. The maximum Gasteiger partial charge on any atom is 0.157 e. The SMILES string of the molecule is NCC#Cc1ncccc1F. The Morgan fingerprint density at radius 1 is 1.64 bits per heavy atom. The molecule has 1 rings (SSSR count). The van der Waals surface area contributed by atoms with Crippen molar-refractivity contribution in [2.24, 2.45) is 5.73 Å². The third-order valence-electron chi connectivity index (χ3n) is 1.07. The van der Waals surface area contributed by atoms with Gasteiger partial charge < -0.3 is 5.73 Å². The lowest BCUT2D eigenvalue weighted by Crippen LogP contribution is -1.94. The molecule has 0 fully saturated rings. The predicted molar refractivity (Wildman–Crippen MR) is 40.1 cm³/mol. The molecule has 0 aromatic carbocycles. The quantitative estimate of drug-likeness (QED) is 0.548. The first-order valence-electron chi connectivity index (χ1n) is 3.14. The van der Waals surface area contributed by atoms with E-state index in [4.69, 9.17) is 5.73 Å². The molecule has 0 bridgehead atoms. The van der Waals surface area contributed by atoms with Gasteiger partial charge in [-0.05, 0) is 18.1 Å². The molecule has 11 heavy (non-hydrogen) atoms. The normalized spacial score (nSPS) is 8.55. The minimum atomic E-state index is -0.409. The molecule has 0 saturated heterocycles. The van der Waals surface area contributed by atoms with Crippen LogP contribution < -0.4 is 5.73 Å². The topological polar surface area (TPSA) is 38.9 Å². The standard InChI is InChI=1S/C8H7FN2/c9-7-3-2-6-11-8(7)4-1-5-10/h2-3,6H,5,10H2. The fraction of sp³-hybridized carbons (Fsp3) is 0.125. The summed E-state index contributed by atoms with van der Waals surface area (Å²) in [5.74, 6) is 4.62. The molecule has 0 radical (unpaired) electrons. The second-order valence-electron chi connectivity index (χ2n) is 1.84. The van der Waals surface area contributed by atoms with E-state index in [9.17, 15) is 4.39 Å². The molecule has 0 aliphatic rings. The van der Waals surface area contributed by atoms with Gasteiger partial charge in [-0.2, -0.15) is 0 Å². The van der Waals surface area contributed by atoms with E-state index in [0.29, 0.717) is 0 Å². The fourth-order valence-electron chi connectivity index (χ4n) is 0.612. The lowest BCUT2D eigenvalue weighted by Gasteiger charge is -1.89. The number of hydrogen-bond acceptors (Lipinski definition) is 2. The van der Waals surface area contributed by atoms with E-state index in [-0.39, 0.29) is 12.2 Å². The monoisotopic (exact) mass is 150 g/mol. The van der Waals surface area contributed by atoms with Gasteiger partial charge in [-0.25, -0.2) is 9.37 Å². The highest BCUT2D eigenvalue weighted by molar-refractivity contribution is 5.28. The Hall–Kier alpha value is -1.40. The first-order valence-corrected chi connectivity index (χ1v) is 3.14. The van der Waals surface area contributed by atoms with Crippen molar-refractivity contribution in [1.82, 2.24) is 4.98 Å². The summed E-state index contributed by atoms with van der Waals surface area (Å²) in [5.41, 5.74) is 5.25. The Labute approximate surface area is 64.3 Å². The van der Waals surface area contributed by atoms with Crippen molar-refractivity contribution in [2.45, 2.75) is 0 Å². The largest absolute Gasteiger partial charge is 0.320 e. The van der Waals surface area contributed by atoms with E-state index in [2.05, 4.69) is 16.8 Å². The molecule has 0 saturated carbocycles. The predicted octanol–water partition coefficient (Wildman–Crippen LogP) is 0.531. The van der Waals surface area contributed by atoms with Gasteiger partial charge in [0.25, 0.3) is 0 Å². The molecular formula is C8H7FN2. The van der Waals surface area contributed by atoms with E-state index in [0.717, 1.165) is 0 Å². The summed E-state index contributed by atoms with van der Waals surface area (Å²) in [6.45, 7) is 0.218. The van der Waals surface area contributed by atoms with Crippen LogP contribution in [0.2, 0.25) is 0 Å². The number of hydrogen-bond donors (Lipinski definition) is 1. The summed E-state index contributed by atoms with van der Waals surface area (Å²) < 4.78 is 12.7. The minimum absolute atomic E-state index is 0.151. The number of aromatic nitrogens is 1. The zero-order chi connectivity index (χ0) is 8.10. The molecule has 0 aliphatic carbocycles. The van der Waals surface area contributed by atoms with Crippen LogP contribution in [0, 0.1) is 17.7 Å². The zero-order valence-electron chi connectivity index (χ0n) is 5.84. The average Bonchev–Trinajstić information content (AvgIpc) is 2.03. The maximum absolute atomic E-state index is 12.7. The highest BCUT2D eigenvalue weighted by Gasteiger charge is 1.95. The number of rotatable bonds is 0. The third-order valence-corrected chi connectivity index (χ3v) is 1.07. The van der Waals surface area contributed by atoms with Crippen molar-refractivity contribution in [3.63, 3.8) is 0 Å². The van der Waals surface area contributed by atoms with Gasteiger partial charge in [-0.3, -0.25) is 0 Å². The highest BCUT2D eigenvalue weighted by Crippen LogP contribution is 1.98. The van der Waals surface area contributed by atoms with Gasteiger partial charge in [-0.1, -0.05) is 5.92 Å². The molecule has 1 heterocycles. The summed E-state index contributed by atoms with van der Waals surface area (Å²) in [6.07, 6.45) is 1.49. The summed E-state index contributed by atoms with van der Waals surface area (Å²) in [6, 6.07) is 2.83. The van der Waals surface area contributed by atoms with Gasteiger partial charge in [0.1, 0.15) is 5.69 Å². The molecule has 0 aliphatic heterocycles. The van der Waals surface area contributed by atoms with Gasteiger partial charge >= 0.3 is 0 Å². The molecule has 0 unspecified atom stereocenters. The molecule has 3 heteroatoms. The van der Waals surface area contributed by atoms with E-state index in [1.165, 1.54) is 18.3 Å². The number of nitrogens with two attached hydrogens (primary N) is 1. The van der Waals surface area contributed by atoms with E-state index in [1.54, 1.807) is 0 Å². The van der Waals surface area contributed by atoms with Crippen molar-refractivity contribution in [1.29, 1.82) is 0 Å². The van der Waals surface area contributed by atoms with Crippen molar-refractivity contribution >= 4 is 0 Å². The third kappa shape index (κ3) is 2.03. The molecule has 0 amide bonds. The minimum Gasteiger partial charge on any atom is -0.320 e. The van der Waals surface area contributed by atoms with Crippen LogP contribution in [0.25, 0.3) is 0 Å². The molecule has 2 nitrogen and oxygen atoms in total. The first kappa shape index (κ1) is 7.70. The first-order chi connectivity index (χ1) is 5.34. The Kier molecular flexibility index (Phi) is 2.59. The fourth-order valence-corrected chi connectivity index (χ4v) is 0.612. The molecule has 1 aromatic heterocycles. The van der Waals surface area contributed by atoms with E-state index < -0.39 is 5.82 Å². The second-order valence-corrected chi connectivity index (χ2v) is 1.84.